The number of allylic oxidation sites excluding steroid dienone is 2. The molecule has 0 unspecified atom stereocenters. The predicted octanol–water partition coefficient (Wildman–Crippen LogP) is 2.00. The lowest BCUT2D eigenvalue weighted by Crippen LogP contribution is -2.51. The molecular weight excluding hydrogens is 204 g/mol. The highest BCUT2D eigenvalue weighted by Crippen LogP contribution is 2.57. The Hall–Kier alpha value is -0.380. The molecule has 0 aromatic heterocycles. The van der Waals surface area contributed by atoms with Gasteiger partial charge in [-0.05, 0) is 32.1 Å². The van der Waals surface area contributed by atoms with E-state index in [1.54, 1.807) is 0 Å². The molecule has 2 spiro atoms. The molecule has 1 heterocycles. The van der Waals surface area contributed by atoms with Crippen molar-refractivity contribution < 1.29 is 14.6 Å². The van der Waals surface area contributed by atoms with E-state index in [0.717, 1.165) is 38.5 Å². The summed E-state index contributed by atoms with van der Waals surface area (Å²) in [5.74, 6) is -0.485. The maximum absolute atomic E-state index is 10.5. The summed E-state index contributed by atoms with van der Waals surface area (Å²) in [5.41, 5.74) is -0.184. The molecule has 0 radical (unpaired) electrons. The van der Waals surface area contributed by atoms with E-state index in [0.29, 0.717) is 13.2 Å². The smallest absolute Gasteiger partial charge is 0.176 e. The molecule has 2 fully saturated rings. The summed E-state index contributed by atoms with van der Waals surface area (Å²) in [4.78, 5) is 0. The van der Waals surface area contributed by atoms with Crippen LogP contribution in [0.3, 0.4) is 0 Å². The minimum Gasteiger partial charge on any atom is -0.392 e. The fraction of sp³-hybridized carbons (Fsp3) is 0.846. The quantitative estimate of drug-likeness (QED) is 0.640. The lowest BCUT2D eigenvalue weighted by molar-refractivity contribution is -0.247. The molecule has 3 heteroatoms. The van der Waals surface area contributed by atoms with Crippen molar-refractivity contribution in [3.05, 3.63) is 12.2 Å². The molecule has 3 aliphatic rings. The van der Waals surface area contributed by atoms with Crippen LogP contribution in [0.15, 0.2) is 12.2 Å². The molecule has 0 bridgehead atoms. The van der Waals surface area contributed by atoms with Crippen LogP contribution in [0.2, 0.25) is 0 Å². The van der Waals surface area contributed by atoms with Crippen molar-refractivity contribution in [3.8, 4) is 0 Å². The van der Waals surface area contributed by atoms with Gasteiger partial charge in [0.2, 0.25) is 0 Å². The largest absolute Gasteiger partial charge is 0.392 e. The van der Waals surface area contributed by atoms with Gasteiger partial charge in [-0.1, -0.05) is 12.2 Å². The van der Waals surface area contributed by atoms with Crippen molar-refractivity contribution in [2.24, 2.45) is 5.41 Å². The molecule has 3 nitrogen and oxygen atoms in total. The van der Waals surface area contributed by atoms with Gasteiger partial charge in [-0.25, -0.2) is 0 Å². The first kappa shape index (κ1) is 10.8. The number of ether oxygens (including phenoxy) is 2. The molecule has 0 aromatic rings. The first-order chi connectivity index (χ1) is 7.79. The molecule has 90 valence electrons. The third kappa shape index (κ3) is 1.31. The molecule has 16 heavy (non-hydrogen) atoms. The zero-order valence-electron chi connectivity index (χ0n) is 9.65. The van der Waals surface area contributed by atoms with Crippen LogP contribution in [0.25, 0.3) is 0 Å². The van der Waals surface area contributed by atoms with Crippen LogP contribution >= 0.6 is 0 Å². The Morgan fingerprint density at radius 1 is 1.12 bits per heavy atom. The second-order valence-corrected chi connectivity index (χ2v) is 5.23. The molecule has 1 saturated heterocycles. The summed E-state index contributed by atoms with van der Waals surface area (Å²) in [7, 11) is 0. The van der Waals surface area contributed by atoms with Crippen molar-refractivity contribution in [2.45, 2.75) is 50.4 Å². The number of aliphatic hydroxyl groups is 1. The highest BCUT2D eigenvalue weighted by atomic mass is 16.7. The molecule has 1 N–H and O–H groups in total. The van der Waals surface area contributed by atoms with E-state index in [1.165, 1.54) is 0 Å². The Morgan fingerprint density at radius 3 is 2.75 bits per heavy atom. The summed E-state index contributed by atoms with van der Waals surface area (Å²) in [5, 5.41) is 10.5. The van der Waals surface area contributed by atoms with Gasteiger partial charge in [0, 0.05) is 6.42 Å². The standard InChI is InChI=1S/C13H20O3/c14-11-5-2-1-3-6-12(11)7-4-8-13(12)15-9-10-16-13/h1,3,11,14H,2,4-10H2/t11-,12-/m0/s1. The van der Waals surface area contributed by atoms with E-state index in [9.17, 15) is 5.11 Å². The van der Waals surface area contributed by atoms with Gasteiger partial charge < -0.3 is 14.6 Å². The number of hydrogen-bond donors (Lipinski definition) is 1. The predicted molar refractivity (Wildman–Crippen MR) is 59.9 cm³/mol. The van der Waals surface area contributed by atoms with Crippen LogP contribution < -0.4 is 0 Å². The first-order valence-electron chi connectivity index (χ1n) is 6.40. The first-order valence-corrected chi connectivity index (χ1v) is 6.40. The SMILES string of the molecule is O[C@H]1CCC=CC[C@]12CCCC21OCCO1. The van der Waals surface area contributed by atoms with Gasteiger partial charge in [-0.2, -0.15) is 0 Å². The van der Waals surface area contributed by atoms with Crippen LogP contribution in [-0.4, -0.2) is 30.2 Å². The number of aliphatic hydroxyl groups excluding tert-OH is 1. The van der Waals surface area contributed by atoms with Crippen LogP contribution in [0, 0.1) is 5.41 Å². The molecular formula is C13H20O3. The summed E-state index contributed by atoms with van der Waals surface area (Å²) in [6.07, 6.45) is 9.87. The summed E-state index contributed by atoms with van der Waals surface area (Å²) in [6.45, 7) is 1.36. The Kier molecular flexibility index (Phi) is 2.57. The Morgan fingerprint density at radius 2 is 1.94 bits per heavy atom. The molecule has 1 saturated carbocycles. The van der Waals surface area contributed by atoms with Crippen LogP contribution in [0.4, 0.5) is 0 Å². The zero-order chi connectivity index (χ0) is 11.1. The topological polar surface area (TPSA) is 38.7 Å². The fourth-order valence-corrected chi connectivity index (χ4v) is 3.72. The van der Waals surface area contributed by atoms with Gasteiger partial charge in [0.15, 0.2) is 5.79 Å². The van der Waals surface area contributed by atoms with Crippen LogP contribution in [0.1, 0.15) is 38.5 Å². The zero-order valence-corrected chi connectivity index (χ0v) is 9.65. The molecule has 1 aliphatic heterocycles. The lowest BCUT2D eigenvalue weighted by Gasteiger charge is -2.44. The van der Waals surface area contributed by atoms with Gasteiger partial charge in [0.05, 0.1) is 24.7 Å². The lowest BCUT2D eigenvalue weighted by atomic mass is 9.73. The third-order valence-corrected chi connectivity index (χ3v) is 4.53. The Balaban J connectivity index is 1.96. The normalized spacial score (nSPS) is 41.9. The number of hydrogen-bond acceptors (Lipinski definition) is 3. The summed E-state index contributed by atoms with van der Waals surface area (Å²) in [6, 6.07) is 0. The minimum atomic E-state index is -0.485. The second-order valence-electron chi connectivity index (χ2n) is 5.23. The van der Waals surface area contributed by atoms with E-state index in [1.807, 2.05) is 0 Å². The highest BCUT2D eigenvalue weighted by Gasteiger charge is 2.61. The van der Waals surface area contributed by atoms with Gasteiger partial charge in [-0.3, -0.25) is 0 Å². The van der Waals surface area contributed by atoms with E-state index >= 15 is 0 Å². The minimum absolute atomic E-state index is 0.184. The van der Waals surface area contributed by atoms with Crippen LogP contribution in [0.5, 0.6) is 0 Å². The molecule has 2 atom stereocenters. The summed E-state index contributed by atoms with van der Waals surface area (Å²) < 4.78 is 11.8. The van der Waals surface area contributed by atoms with Crippen molar-refractivity contribution in [1.82, 2.24) is 0 Å². The van der Waals surface area contributed by atoms with Gasteiger partial charge >= 0.3 is 0 Å². The summed E-state index contributed by atoms with van der Waals surface area (Å²) >= 11 is 0. The Labute approximate surface area is 96.4 Å². The molecule has 3 rings (SSSR count). The van der Waals surface area contributed by atoms with Crippen molar-refractivity contribution >= 4 is 0 Å². The van der Waals surface area contributed by atoms with Crippen LogP contribution in [-0.2, 0) is 9.47 Å². The number of rotatable bonds is 0. The Bertz CT molecular complexity index is 288. The van der Waals surface area contributed by atoms with E-state index in [-0.39, 0.29) is 11.5 Å². The second kappa shape index (κ2) is 3.83. The van der Waals surface area contributed by atoms with Gasteiger partial charge in [-0.15, -0.1) is 0 Å². The monoisotopic (exact) mass is 224 g/mol. The van der Waals surface area contributed by atoms with Crippen molar-refractivity contribution in [3.63, 3.8) is 0 Å². The molecule has 0 amide bonds. The van der Waals surface area contributed by atoms with E-state index in [4.69, 9.17) is 9.47 Å². The van der Waals surface area contributed by atoms with E-state index < -0.39 is 5.79 Å². The van der Waals surface area contributed by atoms with Crippen molar-refractivity contribution in [2.75, 3.05) is 13.2 Å². The maximum Gasteiger partial charge on any atom is 0.176 e. The third-order valence-electron chi connectivity index (χ3n) is 4.53. The van der Waals surface area contributed by atoms with Gasteiger partial charge in [0.25, 0.3) is 0 Å². The average Bonchev–Trinajstić information content (AvgIpc) is 2.84. The molecule has 2 aliphatic carbocycles. The van der Waals surface area contributed by atoms with Gasteiger partial charge in [0.1, 0.15) is 0 Å². The maximum atomic E-state index is 10.5. The number of fused-ring (bicyclic) bond motifs is 1. The molecule has 0 aromatic carbocycles. The average molecular weight is 224 g/mol. The van der Waals surface area contributed by atoms with E-state index in [2.05, 4.69) is 12.2 Å². The fourth-order valence-electron chi connectivity index (χ4n) is 3.72. The van der Waals surface area contributed by atoms with Crippen molar-refractivity contribution in [1.29, 1.82) is 0 Å². The highest BCUT2D eigenvalue weighted by molar-refractivity contribution is 5.10.